The van der Waals surface area contributed by atoms with Crippen LogP contribution >= 0.6 is 0 Å². The monoisotopic (exact) mass is 380 g/mol. The van der Waals surface area contributed by atoms with Crippen molar-refractivity contribution in [2.24, 2.45) is 11.5 Å². The number of ether oxygens (including phenoxy) is 2. The van der Waals surface area contributed by atoms with Gasteiger partial charge >= 0.3 is 5.97 Å². The van der Waals surface area contributed by atoms with E-state index in [4.69, 9.17) is 20.9 Å². The van der Waals surface area contributed by atoms with Crippen molar-refractivity contribution in [2.75, 3.05) is 19.8 Å². The summed E-state index contributed by atoms with van der Waals surface area (Å²) in [5.41, 5.74) is 16.1. The Morgan fingerprint density at radius 1 is 1.07 bits per heavy atom. The summed E-state index contributed by atoms with van der Waals surface area (Å²) in [4.78, 5) is 11.5. The first-order chi connectivity index (χ1) is 13.7. The Morgan fingerprint density at radius 3 is 2.68 bits per heavy atom. The van der Waals surface area contributed by atoms with Crippen molar-refractivity contribution in [3.05, 3.63) is 65.2 Å². The predicted octanol–water partition coefficient (Wildman–Crippen LogP) is 3.16. The highest BCUT2D eigenvalue weighted by Gasteiger charge is 2.13. The van der Waals surface area contributed by atoms with E-state index in [0.29, 0.717) is 13.0 Å². The van der Waals surface area contributed by atoms with E-state index in [-0.39, 0.29) is 13.2 Å². The molecule has 0 aromatic heterocycles. The van der Waals surface area contributed by atoms with Gasteiger partial charge in [-0.2, -0.15) is 0 Å². The molecule has 1 aliphatic carbocycles. The third-order valence-electron chi connectivity index (χ3n) is 4.84. The normalized spacial score (nSPS) is 14.4. The van der Waals surface area contributed by atoms with E-state index in [1.807, 2.05) is 12.1 Å². The largest absolute Gasteiger partial charge is 0.493 e. The third kappa shape index (κ3) is 5.44. The summed E-state index contributed by atoms with van der Waals surface area (Å²) in [5, 5.41) is 0. The Labute approximate surface area is 166 Å². The van der Waals surface area contributed by atoms with Crippen LogP contribution in [0.15, 0.2) is 48.5 Å². The van der Waals surface area contributed by atoms with Gasteiger partial charge in [0.15, 0.2) is 0 Å². The van der Waals surface area contributed by atoms with E-state index in [1.54, 1.807) is 0 Å². The van der Waals surface area contributed by atoms with Crippen LogP contribution in [0.2, 0.25) is 0 Å². The summed E-state index contributed by atoms with van der Waals surface area (Å²) in [7, 11) is 0. The Kier molecular flexibility index (Phi) is 7.23. The van der Waals surface area contributed by atoms with Crippen LogP contribution in [0.3, 0.4) is 0 Å². The fourth-order valence-corrected chi connectivity index (χ4v) is 3.26. The number of fused-ring (bicyclic) bond motifs is 1. The molecule has 0 heterocycles. The highest BCUT2D eigenvalue weighted by molar-refractivity contribution is 5.83. The predicted molar refractivity (Wildman–Crippen MR) is 112 cm³/mol. The van der Waals surface area contributed by atoms with Gasteiger partial charge in [-0.3, -0.25) is 4.79 Å². The smallest absolute Gasteiger partial charge is 0.324 e. The van der Waals surface area contributed by atoms with Gasteiger partial charge in [0.25, 0.3) is 0 Å². The standard InChI is InChI=1S/C23H28N2O3/c24-16-22(25)23(26)28-13-5-12-27-21-11-10-18-8-4-9-19(14-20(18)15-21)17-6-2-1-3-7-17/h1-3,6-7,10-11,14-15,22H,4-5,8-9,12-13,16,24-25H2. The van der Waals surface area contributed by atoms with Gasteiger partial charge in [-0.25, -0.2) is 0 Å². The molecule has 0 spiro atoms. The minimum atomic E-state index is -0.754. The van der Waals surface area contributed by atoms with E-state index < -0.39 is 12.0 Å². The lowest BCUT2D eigenvalue weighted by molar-refractivity contribution is -0.145. The van der Waals surface area contributed by atoms with E-state index in [9.17, 15) is 4.79 Å². The van der Waals surface area contributed by atoms with Crippen LogP contribution in [0, 0.1) is 0 Å². The molecule has 0 saturated carbocycles. The molecule has 0 saturated heterocycles. The summed E-state index contributed by atoms with van der Waals surface area (Å²) < 4.78 is 10.9. The first-order valence-corrected chi connectivity index (χ1v) is 9.81. The maximum absolute atomic E-state index is 11.5. The maximum Gasteiger partial charge on any atom is 0.324 e. The number of hydrogen-bond donors (Lipinski definition) is 2. The minimum absolute atomic E-state index is 0.0863. The molecule has 0 aliphatic heterocycles. The van der Waals surface area contributed by atoms with Crippen LogP contribution in [-0.4, -0.2) is 31.8 Å². The highest BCUT2D eigenvalue weighted by Crippen LogP contribution is 2.31. The molecule has 3 rings (SSSR count). The van der Waals surface area contributed by atoms with Crippen LogP contribution in [0.4, 0.5) is 0 Å². The second-order valence-electron chi connectivity index (χ2n) is 6.96. The van der Waals surface area contributed by atoms with Crippen LogP contribution < -0.4 is 16.2 Å². The lowest BCUT2D eigenvalue weighted by Crippen LogP contribution is -2.39. The molecular formula is C23H28N2O3. The molecule has 5 heteroatoms. The zero-order chi connectivity index (χ0) is 19.8. The number of benzene rings is 2. The molecule has 4 N–H and O–H groups in total. The number of allylic oxidation sites excluding steroid dienone is 1. The molecule has 2 aromatic rings. The van der Waals surface area contributed by atoms with Gasteiger partial charge in [-0.1, -0.05) is 42.5 Å². The van der Waals surface area contributed by atoms with Crippen LogP contribution in [0.5, 0.6) is 5.75 Å². The lowest BCUT2D eigenvalue weighted by Gasteiger charge is -2.11. The van der Waals surface area contributed by atoms with Gasteiger partial charge < -0.3 is 20.9 Å². The van der Waals surface area contributed by atoms with Crippen molar-refractivity contribution in [1.29, 1.82) is 0 Å². The van der Waals surface area contributed by atoms with E-state index in [1.165, 1.54) is 22.3 Å². The summed E-state index contributed by atoms with van der Waals surface area (Å²) in [6, 6.07) is 16.0. The molecule has 1 unspecified atom stereocenters. The molecule has 0 fully saturated rings. The fraction of sp³-hybridized carbons (Fsp3) is 0.348. The summed E-state index contributed by atoms with van der Waals surface area (Å²) in [6.07, 6.45) is 6.17. The van der Waals surface area contributed by atoms with Crippen molar-refractivity contribution in [3.8, 4) is 5.75 Å². The SMILES string of the molecule is NCC(N)C(=O)OCCCOc1ccc2c(c1)C=C(c1ccccc1)CCC2. The van der Waals surface area contributed by atoms with Crippen LogP contribution in [-0.2, 0) is 16.0 Å². The van der Waals surface area contributed by atoms with Gasteiger partial charge in [-0.15, -0.1) is 0 Å². The highest BCUT2D eigenvalue weighted by atomic mass is 16.5. The molecule has 0 bridgehead atoms. The molecule has 5 nitrogen and oxygen atoms in total. The summed E-state index contributed by atoms with van der Waals surface area (Å²) in [6.45, 7) is 0.831. The number of hydrogen-bond acceptors (Lipinski definition) is 5. The van der Waals surface area contributed by atoms with Gasteiger partial charge in [0.05, 0.1) is 13.2 Å². The first kappa shape index (κ1) is 20.1. The lowest BCUT2D eigenvalue weighted by atomic mass is 10.0. The Morgan fingerprint density at radius 2 is 1.89 bits per heavy atom. The van der Waals surface area contributed by atoms with Crippen molar-refractivity contribution >= 4 is 17.6 Å². The van der Waals surface area contributed by atoms with Gasteiger partial charge in [0.2, 0.25) is 0 Å². The second kappa shape index (κ2) is 10.1. The zero-order valence-corrected chi connectivity index (χ0v) is 16.1. The summed E-state index contributed by atoms with van der Waals surface area (Å²) in [5.74, 6) is 0.361. The molecule has 1 atom stereocenters. The summed E-state index contributed by atoms with van der Waals surface area (Å²) >= 11 is 0. The van der Waals surface area contributed by atoms with Crippen LogP contribution in [0.1, 0.15) is 36.0 Å². The van der Waals surface area contributed by atoms with E-state index in [2.05, 4.69) is 42.5 Å². The average molecular weight is 380 g/mol. The molecular weight excluding hydrogens is 352 g/mol. The van der Waals surface area contributed by atoms with Crippen LogP contribution in [0.25, 0.3) is 11.6 Å². The van der Waals surface area contributed by atoms with Crippen molar-refractivity contribution in [2.45, 2.75) is 31.7 Å². The Hall–Kier alpha value is -2.63. The number of rotatable bonds is 8. The van der Waals surface area contributed by atoms with Gasteiger partial charge in [0, 0.05) is 13.0 Å². The average Bonchev–Trinajstić information content (AvgIpc) is 2.95. The van der Waals surface area contributed by atoms with E-state index >= 15 is 0 Å². The quantitative estimate of drug-likeness (QED) is 0.543. The molecule has 148 valence electrons. The number of carbonyl (C=O) groups is 1. The van der Waals surface area contributed by atoms with E-state index in [0.717, 1.165) is 25.0 Å². The van der Waals surface area contributed by atoms with Gasteiger partial charge in [0.1, 0.15) is 11.8 Å². The number of aryl methyl sites for hydroxylation is 1. The molecule has 0 radical (unpaired) electrons. The molecule has 2 aromatic carbocycles. The third-order valence-corrected chi connectivity index (χ3v) is 4.84. The van der Waals surface area contributed by atoms with Crippen molar-refractivity contribution < 1.29 is 14.3 Å². The Bertz CT molecular complexity index is 818. The molecule has 28 heavy (non-hydrogen) atoms. The number of esters is 1. The topological polar surface area (TPSA) is 87.6 Å². The second-order valence-corrected chi connectivity index (χ2v) is 6.96. The molecule has 0 amide bonds. The maximum atomic E-state index is 11.5. The number of carbonyl (C=O) groups excluding carboxylic acids is 1. The van der Waals surface area contributed by atoms with Crippen molar-refractivity contribution in [1.82, 2.24) is 0 Å². The number of nitrogens with two attached hydrogens (primary N) is 2. The van der Waals surface area contributed by atoms with Crippen molar-refractivity contribution in [3.63, 3.8) is 0 Å². The zero-order valence-electron chi connectivity index (χ0n) is 16.1. The minimum Gasteiger partial charge on any atom is -0.493 e. The Balaban J connectivity index is 1.58. The van der Waals surface area contributed by atoms with Gasteiger partial charge in [-0.05, 0) is 53.7 Å². The molecule has 1 aliphatic rings. The fourth-order valence-electron chi connectivity index (χ4n) is 3.26. The first-order valence-electron chi connectivity index (χ1n) is 9.81.